The minimum Gasteiger partial charge on any atom is -0.550 e. The summed E-state index contributed by atoms with van der Waals surface area (Å²) < 4.78 is 5.74. The number of hydrogen-bond acceptors (Lipinski definition) is 4. The highest BCUT2D eigenvalue weighted by Crippen LogP contribution is 2.55. The van der Waals surface area contributed by atoms with E-state index in [1.807, 2.05) is 44.2 Å². The van der Waals surface area contributed by atoms with Crippen molar-refractivity contribution in [2.75, 3.05) is 5.32 Å². The zero-order chi connectivity index (χ0) is 19.7. The summed E-state index contributed by atoms with van der Waals surface area (Å²) >= 11 is 0. The van der Waals surface area contributed by atoms with Gasteiger partial charge in [0.25, 0.3) is 0 Å². The average molecular weight is 366 g/mol. The van der Waals surface area contributed by atoms with Gasteiger partial charge in [-0.25, -0.2) is 0 Å². The average Bonchev–Trinajstić information content (AvgIpc) is 2.88. The summed E-state index contributed by atoms with van der Waals surface area (Å²) in [6, 6.07) is 16.6. The molecule has 1 N–H and O–H groups in total. The number of amides is 1. The van der Waals surface area contributed by atoms with E-state index < -0.39 is 16.8 Å². The van der Waals surface area contributed by atoms with Gasteiger partial charge in [0.1, 0.15) is 11.5 Å². The molecular weight excluding hydrogens is 342 g/mol. The van der Waals surface area contributed by atoms with Gasteiger partial charge in [-0.15, -0.1) is 0 Å². The fraction of sp³-hybridized carbons (Fsp3) is 0.364. The first-order chi connectivity index (χ1) is 12.7. The Kier molecular flexibility index (Phi) is 4.96. The summed E-state index contributed by atoms with van der Waals surface area (Å²) in [6.45, 7) is 5.33. The predicted molar refractivity (Wildman–Crippen MR) is 101 cm³/mol. The van der Waals surface area contributed by atoms with Gasteiger partial charge in [-0.1, -0.05) is 39.0 Å². The van der Waals surface area contributed by atoms with E-state index in [1.54, 1.807) is 31.2 Å². The number of aliphatic carboxylic acids is 1. The van der Waals surface area contributed by atoms with Gasteiger partial charge in [0.05, 0.1) is 0 Å². The number of carbonyl (C=O) groups is 2. The van der Waals surface area contributed by atoms with E-state index in [-0.39, 0.29) is 11.8 Å². The summed E-state index contributed by atoms with van der Waals surface area (Å²) in [5, 5.41) is 14.5. The van der Waals surface area contributed by atoms with Gasteiger partial charge in [-0.2, -0.15) is 0 Å². The molecule has 2 aromatic carbocycles. The normalized spacial score (nSPS) is 23.6. The van der Waals surface area contributed by atoms with Crippen molar-refractivity contribution in [1.82, 2.24) is 0 Å². The van der Waals surface area contributed by atoms with Crippen LogP contribution in [0.5, 0.6) is 11.5 Å². The van der Waals surface area contributed by atoms with Gasteiger partial charge in [-0.3, -0.25) is 4.79 Å². The van der Waals surface area contributed by atoms with Crippen molar-refractivity contribution < 1.29 is 19.4 Å². The number of nitrogens with one attached hydrogen (secondary N) is 1. The molecule has 1 saturated carbocycles. The summed E-state index contributed by atoms with van der Waals surface area (Å²) in [5.74, 6) is -0.235. The van der Waals surface area contributed by atoms with Crippen LogP contribution in [0.3, 0.4) is 0 Å². The lowest BCUT2D eigenvalue weighted by atomic mass is 9.65. The van der Waals surface area contributed by atoms with E-state index in [0.29, 0.717) is 24.3 Å². The number of rotatable bonds is 5. The Hall–Kier alpha value is -2.82. The third-order valence-corrected chi connectivity index (χ3v) is 6.09. The minimum absolute atomic E-state index is 0.165. The Labute approximate surface area is 159 Å². The number of anilines is 1. The summed E-state index contributed by atoms with van der Waals surface area (Å²) in [5.41, 5.74) is -1.05. The summed E-state index contributed by atoms with van der Waals surface area (Å²) in [4.78, 5) is 24.4. The molecule has 1 aliphatic rings. The number of ether oxygens (including phenoxy) is 1. The molecule has 0 aromatic heterocycles. The van der Waals surface area contributed by atoms with Gasteiger partial charge in [0.15, 0.2) is 0 Å². The molecule has 0 radical (unpaired) electrons. The maximum absolute atomic E-state index is 12.8. The minimum atomic E-state index is -1.09. The molecule has 0 saturated heterocycles. The SMILES string of the molecule is CC1(C)[C@@H](C(=O)Nc2ccc(Oc3ccccc3)cc2)CC[C@@]1(C)C(=O)[O-]. The van der Waals surface area contributed by atoms with Crippen LogP contribution < -0.4 is 15.2 Å². The quantitative estimate of drug-likeness (QED) is 0.877. The topological polar surface area (TPSA) is 78.5 Å². The molecule has 0 bridgehead atoms. The van der Waals surface area contributed by atoms with Crippen LogP contribution in [-0.4, -0.2) is 11.9 Å². The number of carboxylic acid groups (broad SMARTS) is 1. The van der Waals surface area contributed by atoms with Crippen LogP contribution in [0.15, 0.2) is 54.6 Å². The zero-order valence-electron chi connectivity index (χ0n) is 15.8. The second kappa shape index (κ2) is 7.06. The van der Waals surface area contributed by atoms with Crippen LogP contribution in [-0.2, 0) is 9.59 Å². The first kappa shape index (κ1) is 19.0. The maximum atomic E-state index is 12.8. The molecule has 2 aromatic rings. The smallest absolute Gasteiger partial charge is 0.228 e. The van der Waals surface area contributed by atoms with Gasteiger partial charge >= 0.3 is 0 Å². The first-order valence-corrected chi connectivity index (χ1v) is 9.09. The number of carboxylic acids is 1. The number of hydrogen-bond donors (Lipinski definition) is 1. The Bertz CT molecular complexity index is 829. The lowest BCUT2D eigenvalue weighted by Gasteiger charge is -2.41. The first-order valence-electron chi connectivity index (χ1n) is 9.09. The molecule has 2 atom stereocenters. The molecule has 1 amide bonds. The molecule has 0 aliphatic heterocycles. The van der Waals surface area contributed by atoms with Crippen LogP contribution in [0.2, 0.25) is 0 Å². The molecular formula is C22H24NO4-. The number of para-hydroxylation sites is 1. The third-order valence-electron chi connectivity index (χ3n) is 6.09. The number of carbonyl (C=O) groups excluding carboxylic acids is 2. The van der Waals surface area contributed by atoms with E-state index in [0.717, 1.165) is 5.75 Å². The lowest BCUT2D eigenvalue weighted by molar-refractivity contribution is -0.323. The van der Waals surface area contributed by atoms with Crippen LogP contribution in [0.4, 0.5) is 5.69 Å². The molecule has 0 heterocycles. The highest BCUT2D eigenvalue weighted by Gasteiger charge is 2.54. The molecule has 1 aliphatic carbocycles. The zero-order valence-corrected chi connectivity index (χ0v) is 15.8. The van der Waals surface area contributed by atoms with Crippen molar-refractivity contribution in [1.29, 1.82) is 0 Å². The van der Waals surface area contributed by atoms with E-state index >= 15 is 0 Å². The van der Waals surface area contributed by atoms with Crippen LogP contribution in [0.1, 0.15) is 33.6 Å². The maximum Gasteiger partial charge on any atom is 0.228 e. The second-order valence-electron chi connectivity index (χ2n) is 7.86. The Morgan fingerprint density at radius 2 is 1.59 bits per heavy atom. The van der Waals surface area contributed by atoms with E-state index in [2.05, 4.69) is 5.32 Å². The largest absolute Gasteiger partial charge is 0.550 e. The summed E-state index contributed by atoms with van der Waals surface area (Å²) in [6.07, 6.45) is 0.961. The molecule has 5 heteroatoms. The standard InChI is InChI=1S/C22H25NO4/c1-21(2)18(13-14-22(21,3)20(25)26)19(24)23-15-9-11-17(12-10-15)27-16-7-5-4-6-8-16/h4-12,18H,13-14H2,1-3H3,(H,23,24)(H,25,26)/p-1/t18-,22+/m1/s1. The molecule has 3 rings (SSSR count). The van der Waals surface area contributed by atoms with Crippen LogP contribution >= 0.6 is 0 Å². The predicted octanol–water partition coefficient (Wildman–Crippen LogP) is 3.61. The fourth-order valence-corrected chi connectivity index (χ4v) is 3.78. The summed E-state index contributed by atoms with van der Waals surface area (Å²) in [7, 11) is 0. The van der Waals surface area contributed by atoms with Crippen LogP contribution in [0.25, 0.3) is 0 Å². The molecule has 0 spiro atoms. The molecule has 5 nitrogen and oxygen atoms in total. The van der Waals surface area contributed by atoms with E-state index in [4.69, 9.17) is 4.74 Å². The van der Waals surface area contributed by atoms with E-state index in [1.165, 1.54) is 0 Å². The lowest BCUT2D eigenvalue weighted by Crippen LogP contribution is -2.49. The van der Waals surface area contributed by atoms with Crippen molar-refractivity contribution >= 4 is 17.6 Å². The Morgan fingerprint density at radius 1 is 1.00 bits per heavy atom. The van der Waals surface area contributed by atoms with Crippen molar-refractivity contribution in [2.45, 2.75) is 33.6 Å². The van der Waals surface area contributed by atoms with Crippen molar-refractivity contribution in [3.05, 3.63) is 54.6 Å². The molecule has 1 fully saturated rings. The Morgan fingerprint density at radius 3 is 2.15 bits per heavy atom. The second-order valence-corrected chi connectivity index (χ2v) is 7.86. The van der Waals surface area contributed by atoms with Crippen molar-refractivity contribution in [2.24, 2.45) is 16.7 Å². The third kappa shape index (κ3) is 3.54. The molecule has 27 heavy (non-hydrogen) atoms. The van der Waals surface area contributed by atoms with Crippen molar-refractivity contribution in [3.8, 4) is 11.5 Å². The van der Waals surface area contributed by atoms with Gasteiger partial charge in [0.2, 0.25) is 5.91 Å². The molecule has 142 valence electrons. The van der Waals surface area contributed by atoms with Crippen molar-refractivity contribution in [3.63, 3.8) is 0 Å². The monoisotopic (exact) mass is 366 g/mol. The van der Waals surface area contributed by atoms with E-state index in [9.17, 15) is 14.7 Å². The fourth-order valence-electron chi connectivity index (χ4n) is 3.78. The Balaban J connectivity index is 1.67. The van der Waals surface area contributed by atoms with Gasteiger partial charge in [-0.05, 0) is 54.7 Å². The van der Waals surface area contributed by atoms with Gasteiger partial charge < -0.3 is 20.0 Å². The highest BCUT2D eigenvalue weighted by molar-refractivity contribution is 5.94. The highest BCUT2D eigenvalue weighted by atomic mass is 16.5. The molecule has 0 unspecified atom stereocenters. The number of benzene rings is 2. The van der Waals surface area contributed by atoms with Gasteiger partial charge in [0, 0.05) is 23.0 Å². The van der Waals surface area contributed by atoms with Crippen LogP contribution in [0, 0.1) is 16.7 Å².